The average molecular weight is 414 g/mol. The normalized spacial score (nSPS) is 13.7. The van der Waals surface area contributed by atoms with Crippen molar-refractivity contribution in [3.8, 4) is 11.4 Å². The maximum atomic E-state index is 12.7. The van der Waals surface area contributed by atoms with Crippen molar-refractivity contribution in [2.75, 3.05) is 6.54 Å². The number of benzene rings is 1. The summed E-state index contributed by atoms with van der Waals surface area (Å²) in [6.45, 7) is 0.817. The summed E-state index contributed by atoms with van der Waals surface area (Å²) in [7, 11) is 0. The molecule has 2 heterocycles. The molecule has 30 heavy (non-hydrogen) atoms. The molecule has 0 bridgehead atoms. The number of amides is 1. The van der Waals surface area contributed by atoms with Gasteiger partial charge in [-0.2, -0.15) is 18.3 Å². The van der Waals surface area contributed by atoms with Gasteiger partial charge in [0.2, 0.25) is 0 Å². The molecule has 1 aliphatic rings. The maximum Gasteiger partial charge on any atom is 0.416 e. The zero-order valence-electron chi connectivity index (χ0n) is 16.2. The Morgan fingerprint density at radius 3 is 2.53 bits per heavy atom. The Hall–Kier alpha value is -3.16. The lowest BCUT2D eigenvalue weighted by Gasteiger charge is -2.14. The molecule has 0 saturated carbocycles. The number of pyridine rings is 1. The van der Waals surface area contributed by atoms with Crippen molar-refractivity contribution < 1.29 is 18.0 Å². The fourth-order valence-corrected chi connectivity index (χ4v) is 3.75. The lowest BCUT2D eigenvalue weighted by molar-refractivity contribution is -0.137. The molecule has 0 aliphatic heterocycles. The molecule has 1 aromatic carbocycles. The number of nitrogens with one attached hydrogen (secondary N) is 1. The minimum atomic E-state index is -4.42. The highest BCUT2D eigenvalue weighted by Crippen LogP contribution is 2.30. The predicted octanol–water partition coefficient (Wildman–Crippen LogP) is 4.27. The Labute approximate surface area is 171 Å². The van der Waals surface area contributed by atoms with E-state index in [4.69, 9.17) is 5.10 Å². The van der Waals surface area contributed by atoms with E-state index in [2.05, 4.69) is 10.3 Å². The zero-order chi connectivity index (χ0) is 21.1. The zero-order valence-corrected chi connectivity index (χ0v) is 16.2. The Morgan fingerprint density at radius 1 is 1.07 bits per heavy atom. The first kappa shape index (κ1) is 20.1. The van der Waals surface area contributed by atoms with E-state index >= 15 is 0 Å². The van der Waals surface area contributed by atoms with Crippen molar-refractivity contribution in [3.63, 3.8) is 0 Å². The summed E-state index contributed by atoms with van der Waals surface area (Å²) >= 11 is 0. The van der Waals surface area contributed by atoms with E-state index in [-0.39, 0.29) is 5.56 Å². The smallest absolute Gasteiger partial charge is 0.350 e. The molecule has 0 fully saturated rings. The molecule has 156 valence electrons. The average Bonchev–Trinajstić information content (AvgIpc) is 3.13. The van der Waals surface area contributed by atoms with Crippen molar-refractivity contribution in [1.29, 1.82) is 0 Å². The maximum absolute atomic E-state index is 12.7. The highest BCUT2D eigenvalue weighted by atomic mass is 19.4. The van der Waals surface area contributed by atoms with Crippen molar-refractivity contribution in [3.05, 3.63) is 71.0 Å². The standard InChI is InChI=1S/C22H21F3N4O/c23-22(24,25)16-10-8-15(9-11-16)21(30)27-13-14-29-19-7-2-1-5-17(19)20(28-29)18-6-3-4-12-26-18/h3-4,6,8-12H,1-2,5,7,13-14H2,(H,27,30). The Balaban J connectivity index is 1.44. The number of nitrogens with zero attached hydrogens (tertiary/aromatic N) is 3. The molecular weight excluding hydrogens is 393 g/mol. The van der Waals surface area contributed by atoms with Gasteiger partial charge in [0, 0.05) is 29.6 Å². The van der Waals surface area contributed by atoms with E-state index in [1.165, 1.54) is 23.4 Å². The minimum Gasteiger partial charge on any atom is -0.350 e. The summed E-state index contributed by atoms with van der Waals surface area (Å²) in [5.74, 6) is -0.408. The summed E-state index contributed by atoms with van der Waals surface area (Å²) in [5.41, 5.74) is 3.53. The monoisotopic (exact) mass is 414 g/mol. The van der Waals surface area contributed by atoms with Crippen molar-refractivity contribution in [2.24, 2.45) is 0 Å². The van der Waals surface area contributed by atoms with Crippen LogP contribution in [0.25, 0.3) is 11.4 Å². The van der Waals surface area contributed by atoms with Crippen LogP contribution in [0.5, 0.6) is 0 Å². The summed E-state index contributed by atoms with van der Waals surface area (Å²) in [6.07, 6.45) is 1.43. The van der Waals surface area contributed by atoms with Gasteiger partial charge in [-0.15, -0.1) is 0 Å². The number of carbonyl (C=O) groups excluding carboxylic acids is 1. The molecule has 1 N–H and O–H groups in total. The first-order valence-electron chi connectivity index (χ1n) is 9.89. The number of carbonyl (C=O) groups is 1. The Bertz CT molecular complexity index is 1030. The van der Waals surface area contributed by atoms with Gasteiger partial charge in [0.25, 0.3) is 5.91 Å². The Kier molecular flexibility index (Phi) is 5.57. The van der Waals surface area contributed by atoms with Gasteiger partial charge >= 0.3 is 6.18 Å². The number of halogens is 3. The van der Waals surface area contributed by atoms with E-state index < -0.39 is 17.6 Å². The van der Waals surface area contributed by atoms with Gasteiger partial charge in [-0.3, -0.25) is 14.5 Å². The van der Waals surface area contributed by atoms with Crippen molar-refractivity contribution >= 4 is 5.91 Å². The van der Waals surface area contributed by atoms with Crippen LogP contribution in [0.2, 0.25) is 0 Å². The summed E-state index contributed by atoms with van der Waals surface area (Å²) < 4.78 is 39.9. The molecule has 1 amide bonds. The Morgan fingerprint density at radius 2 is 1.83 bits per heavy atom. The molecule has 4 rings (SSSR count). The molecule has 2 aromatic heterocycles. The number of hydrogen-bond acceptors (Lipinski definition) is 3. The van der Waals surface area contributed by atoms with Crippen LogP contribution in [-0.2, 0) is 25.6 Å². The fourth-order valence-electron chi connectivity index (χ4n) is 3.75. The van der Waals surface area contributed by atoms with Crippen LogP contribution in [-0.4, -0.2) is 27.2 Å². The second-order valence-corrected chi connectivity index (χ2v) is 7.25. The van der Waals surface area contributed by atoms with E-state index in [9.17, 15) is 18.0 Å². The molecule has 0 saturated heterocycles. The lowest BCUT2D eigenvalue weighted by atomic mass is 9.95. The van der Waals surface area contributed by atoms with Gasteiger partial charge in [0.1, 0.15) is 5.69 Å². The topological polar surface area (TPSA) is 59.8 Å². The second-order valence-electron chi connectivity index (χ2n) is 7.25. The van der Waals surface area contributed by atoms with Crippen molar-refractivity contribution in [1.82, 2.24) is 20.1 Å². The van der Waals surface area contributed by atoms with Crippen LogP contribution in [0.4, 0.5) is 13.2 Å². The van der Waals surface area contributed by atoms with Crippen LogP contribution in [0.3, 0.4) is 0 Å². The van der Waals surface area contributed by atoms with Crippen LogP contribution in [0.15, 0.2) is 48.7 Å². The third-order valence-corrected chi connectivity index (χ3v) is 5.25. The number of aromatic nitrogens is 3. The van der Waals surface area contributed by atoms with Gasteiger partial charge in [-0.25, -0.2) is 0 Å². The second kappa shape index (κ2) is 8.30. The molecule has 0 spiro atoms. The summed E-state index contributed by atoms with van der Waals surface area (Å²) in [5, 5.41) is 7.51. The third-order valence-electron chi connectivity index (χ3n) is 5.25. The first-order valence-corrected chi connectivity index (χ1v) is 9.89. The highest BCUT2D eigenvalue weighted by molar-refractivity contribution is 5.94. The minimum absolute atomic E-state index is 0.194. The number of rotatable bonds is 5. The summed E-state index contributed by atoms with van der Waals surface area (Å²) in [6, 6.07) is 9.94. The van der Waals surface area contributed by atoms with Gasteiger partial charge in [-0.05, 0) is 62.1 Å². The van der Waals surface area contributed by atoms with Crippen LogP contribution >= 0.6 is 0 Å². The molecule has 5 nitrogen and oxygen atoms in total. The number of hydrogen-bond donors (Lipinski definition) is 1. The molecule has 3 aromatic rings. The molecule has 1 aliphatic carbocycles. The predicted molar refractivity (Wildman–Crippen MR) is 106 cm³/mol. The van der Waals surface area contributed by atoms with Gasteiger partial charge in [0.15, 0.2) is 0 Å². The van der Waals surface area contributed by atoms with Crippen LogP contribution in [0.1, 0.15) is 40.0 Å². The summed E-state index contributed by atoms with van der Waals surface area (Å²) in [4.78, 5) is 16.7. The third kappa shape index (κ3) is 4.22. The van der Waals surface area contributed by atoms with Crippen LogP contribution < -0.4 is 5.32 Å². The van der Waals surface area contributed by atoms with Crippen LogP contribution in [0, 0.1) is 0 Å². The van der Waals surface area contributed by atoms with Gasteiger partial charge < -0.3 is 5.32 Å². The SMILES string of the molecule is O=C(NCCn1nc(-c2ccccn2)c2c1CCCC2)c1ccc(C(F)(F)F)cc1. The molecular formula is C22H21F3N4O. The molecule has 0 atom stereocenters. The van der Waals surface area contributed by atoms with E-state index in [0.717, 1.165) is 49.2 Å². The number of fused-ring (bicyclic) bond motifs is 1. The number of alkyl halides is 3. The fraction of sp³-hybridized carbons (Fsp3) is 0.318. The molecule has 8 heteroatoms. The van der Waals surface area contributed by atoms with E-state index in [0.29, 0.717) is 13.1 Å². The molecule has 0 unspecified atom stereocenters. The van der Waals surface area contributed by atoms with E-state index in [1.807, 2.05) is 22.9 Å². The van der Waals surface area contributed by atoms with Gasteiger partial charge in [0.05, 0.1) is 17.8 Å². The van der Waals surface area contributed by atoms with Crippen molar-refractivity contribution in [2.45, 2.75) is 38.4 Å². The quantitative estimate of drug-likeness (QED) is 0.678. The van der Waals surface area contributed by atoms with E-state index in [1.54, 1.807) is 6.20 Å². The lowest BCUT2D eigenvalue weighted by Crippen LogP contribution is -2.28. The first-order chi connectivity index (χ1) is 14.4. The largest absolute Gasteiger partial charge is 0.416 e. The van der Waals surface area contributed by atoms with Gasteiger partial charge in [-0.1, -0.05) is 6.07 Å². The molecule has 0 radical (unpaired) electrons. The highest BCUT2D eigenvalue weighted by Gasteiger charge is 2.30.